The molecule has 20 heavy (non-hydrogen) atoms. The van der Waals surface area contributed by atoms with Crippen LogP contribution in [0, 0.1) is 5.92 Å². The molecule has 0 bridgehead atoms. The maximum absolute atomic E-state index is 12.1. The van der Waals surface area contributed by atoms with Crippen LogP contribution >= 0.6 is 0 Å². The number of nitrogens with zero attached hydrogens (tertiary/aromatic N) is 2. The van der Waals surface area contributed by atoms with Crippen molar-refractivity contribution in [2.45, 2.75) is 26.0 Å². The maximum Gasteiger partial charge on any atom is 0.335 e. The summed E-state index contributed by atoms with van der Waals surface area (Å²) in [6, 6.07) is 2.86. The number of aliphatic carboxylic acids is 1. The van der Waals surface area contributed by atoms with E-state index >= 15 is 0 Å². The summed E-state index contributed by atoms with van der Waals surface area (Å²) in [6.07, 6.45) is 2.13. The first-order chi connectivity index (χ1) is 9.50. The lowest BCUT2D eigenvalue weighted by Gasteiger charge is -2.40. The van der Waals surface area contributed by atoms with Gasteiger partial charge in [-0.3, -0.25) is 9.78 Å². The smallest absolute Gasteiger partial charge is 0.335 e. The number of ether oxygens (including phenoxy) is 1. The summed E-state index contributed by atoms with van der Waals surface area (Å²) in [5.74, 6) is -1.02. The number of carbonyl (C=O) groups is 2. The Morgan fingerprint density at radius 2 is 2.35 bits per heavy atom. The molecule has 2 rings (SSSR count). The second kappa shape index (κ2) is 6.00. The van der Waals surface area contributed by atoms with Crippen LogP contribution in [0.15, 0.2) is 24.5 Å². The van der Waals surface area contributed by atoms with E-state index < -0.39 is 18.1 Å². The fourth-order valence-electron chi connectivity index (χ4n) is 2.37. The highest BCUT2D eigenvalue weighted by atomic mass is 16.5. The van der Waals surface area contributed by atoms with Crippen LogP contribution in [0.1, 0.15) is 25.5 Å². The van der Waals surface area contributed by atoms with Crippen molar-refractivity contribution in [1.29, 1.82) is 0 Å². The van der Waals surface area contributed by atoms with E-state index in [1.807, 2.05) is 13.8 Å². The Bertz CT molecular complexity index is 489. The Morgan fingerprint density at radius 3 is 2.90 bits per heavy atom. The van der Waals surface area contributed by atoms with Gasteiger partial charge in [-0.15, -0.1) is 0 Å². The summed E-state index contributed by atoms with van der Waals surface area (Å²) in [7, 11) is 0. The molecule has 108 valence electrons. The number of morpholine rings is 1. The molecule has 0 spiro atoms. The van der Waals surface area contributed by atoms with Gasteiger partial charge in [0.1, 0.15) is 6.61 Å². The van der Waals surface area contributed by atoms with Gasteiger partial charge in [-0.25, -0.2) is 4.79 Å². The van der Waals surface area contributed by atoms with Gasteiger partial charge in [0.15, 0.2) is 6.10 Å². The Kier molecular flexibility index (Phi) is 4.34. The Labute approximate surface area is 117 Å². The summed E-state index contributed by atoms with van der Waals surface area (Å²) < 4.78 is 5.21. The molecule has 6 nitrogen and oxygen atoms in total. The van der Waals surface area contributed by atoms with Crippen LogP contribution in [-0.2, 0) is 14.3 Å². The van der Waals surface area contributed by atoms with E-state index in [0.29, 0.717) is 12.1 Å². The van der Waals surface area contributed by atoms with Gasteiger partial charge < -0.3 is 14.7 Å². The molecule has 2 atom stereocenters. The zero-order valence-corrected chi connectivity index (χ0v) is 11.5. The van der Waals surface area contributed by atoms with Crippen molar-refractivity contribution in [3.05, 3.63) is 30.1 Å². The molecule has 2 heterocycles. The molecule has 1 amide bonds. The molecule has 1 saturated heterocycles. The third-order valence-corrected chi connectivity index (χ3v) is 3.16. The molecular formula is C14H18N2O4. The van der Waals surface area contributed by atoms with E-state index in [0.717, 1.165) is 0 Å². The Morgan fingerprint density at radius 1 is 1.60 bits per heavy atom. The molecule has 0 aromatic carbocycles. The molecule has 1 aromatic heterocycles. The van der Waals surface area contributed by atoms with E-state index in [-0.39, 0.29) is 18.4 Å². The zero-order chi connectivity index (χ0) is 14.7. The molecule has 6 heteroatoms. The molecule has 0 radical (unpaired) electrons. The van der Waals surface area contributed by atoms with Gasteiger partial charge in [0, 0.05) is 18.9 Å². The third kappa shape index (κ3) is 2.96. The lowest BCUT2D eigenvalue weighted by molar-refractivity contribution is -0.173. The van der Waals surface area contributed by atoms with Crippen molar-refractivity contribution >= 4 is 11.9 Å². The molecule has 1 aliphatic rings. The normalized spacial score (nSPS) is 23.1. The van der Waals surface area contributed by atoms with Crippen LogP contribution in [0.2, 0.25) is 0 Å². The second-order valence-corrected chi connectivity index (χ2v) is 5.24. The minimum atomic E-state index is -1.07. The number of rotatable bonds is 4. The van der Waals surface area contributed by atoms with Crippen molar-refractivity contribution in [1.82, 2.24) is 9.88 Å². The largest absolute Gasteiger partial charge is 0.479 e. The lowest BCUT2D eigenvalue weighted by Crippen LogP contribution is -2.52. The van der Waals surface area contributed by atoms with Crippen molar-refractivity contribution in [2.24, 2.45) is 5.92 Å². The highest BCUT2D eigenvalue weighted by molar-refractivity contribution is 5.83. The number of carbonyl (C=O) groups excluding carboxylic acids is 1. The van der Waals surface area contributed by atoms with Gasteiger partial charge in [0.05, 0.1) is 6.04 Å². The van der Waals surface area contributed by atoms with Crippen molar-refractivity contribution < 1.29 is 19.4 Å². The molecule has 0 aliphatic carbocycles. The first-order valence-corrected chi connectivity index (χ1v) is 6.54. The average Bonchev–Trinajstić information content (AvgIpc) is 2.41. The molecule has 1 fully saturated rings. The Hall–Kier alpha value is -1.95. The molecule has 2 unspecified atom stereocenters. The number of carboxylic acids is 1. The third-order valence-electron chi connectivity index (χ3n) is 3.16. The summed E-state index contributed by atoms with van der Waals surface area (Å²) in [6.45, 7) is 4.27. The second-order valence-electron chi connectivity index (χ2n) is 5.24. The Balaban J connectivity index is 2.39. The van der Waals surface area contributed by atoms with E-state index in [2.05, 4.69) is 4.98 Å². The van der Waals surface area contributed by atoms with Gasteiger partial charge in [0.25, 0.3) is 0 Å². The standard InChI is InChI=1S/C14H18N2O4/c1-9(2)7-16-11(17)8-20-13(14(18)19)12(16)10-4-3-5-15-6-10/h3-6,9,12-13H,7-8H2,1-2H3,(H,18,19). The van der Waals surface area contributed by atoms with Crippen LogP contribution in [0.3, 0.4) is 0 Å². The van der Waals surface area contributed by atoms with Crippen LogP contribution in [0.25, 0.3) is 0 Å². The lowest BCUT2D eigenvalue weighted by atomic mass is 9.98. The van der Waals surface area contributed by atoms with Crippen molar-refractivity contribution in [3.8, 4) is 0 Å². The summed E-state index contributed by atoms with van der Waals surface area (Å²) >= 11 is 0. The highest BCUT2D eigenvalue weighted by Crippen LogP contribution is 2.30. The minimum Gasteiger partial charge on any atom is -0.479 e. The highest BCUT2D eigenvalue weighted by Gasteiger charge is 2.42. The van der Waals surface area contributed by atoms with E-state index in [4.69, 9.17) is 4.74 Å². The van der Waals surface area contributed by atoms with Gasteiger partial charge in [-0.05, 0) is 17.5 Å². The van der Waals surface area contributed by atoms with Crippen molar-refractivity contribution in [2.75, 3.05) is 13.2 Å². The maximum atomic E-state index is 12.1. The van der Waals surface area contributed by atoms with E-state index in [9.17, 15) is 14.7 Å². The first-order valence-electron chi connectivity index (χ1n) is 6.54. The SMILES string of the molecule is CC(C)CN1C(=O)COC(C(=O)O)C1c1cccnc1. The van der Waals surface area contributed by atoms with Crippen LogP contribution in [-0.4, -0.2) is 46.1 Å². The van der Waals surface area contributed by atoms with Crippen LogP contribution in [0.5, 0.6) is 0 Å². The van der Waals surface area contributed by atoms with Gasteiger partial charge in [-0.2, -0.15) is 0 Å². The van der Waals surface area contributed by atoms with Crippen molar-refractivity contribution in [3.63, 3.8) is 0 Å². The zero-order valence-electron chi connectivity index (χ0n) is 11.5. The number of carboxylic acid groups (broad SMARTS) is 1. The van der Waals surface area contributed by atoms with Crippen LogP contribution < -0.4 is 0 Å². The summed E-state index contributed by atoms with van der Waals surface area (Å²) in [4.78, 5) is 29.1. The number of hydrogen-bond acceptors (Lipinski definition) is 4. The van der Waals surface area contributed by atoms with Gasteiger partial charge >= 0.3 is 5.97 Å². The van der Waals surface area contributed by atoms with Gasteiger partial charge in [-0.1, -0.05) is 19.9 Å². The minimum absolute atomic E-state index is 0.190. The topological polar surface area (TPSA) is 79.7 Å². The number of aromatic nitrogens is 1. The number of amides is 1. The fourth-order valence-corrected chi connectivity index (χ4v) is 2.37. The number of hydrogen-bond donors (Lipinski definition) is 1. The van der Waals surface area contributed by atoms with E-state index in [1.165, 1.54) is 0 Å². The predicted molar refractivity (Wildman–Crippen MR) is 70.9 cm³/mol. The fraction of sp³-hybridized carbons (Fsp3) is 0.500. The molecule has 1 aromatic rings. The molecular weight excluding hydrogens is 260 g/mol. The summed E-state index contributed by atoms with van der Waals surface area (Å²) in [5, 5.41) is 9.32. The average molecular weight is 278 g/mol. The quantitative estimate of drug-likeness (QED) is 0.891. The van der Waals surface area contributed by atoms with E-state index in [1.54, 1.807) is 29.4 Å². The summed E-state index contributed by atoms with van der Waals surface area (Å²) in [5.41, 5.74) is 0.675. The monoisotopic (exact) mass is 278 g/mol. The molecule has 1 aliphatic heterocycles. The molecule has 1 N–H and O–H groups in total. The van der Waals surface area contributed by atoms with Gasteiger partial charge in [0.2, 0.25) is 5.91 Å². The predicted octanol–water partition coefficient (Wildman–Crippen LogP) is 1.09. The first kappa shape index (κ1) is 14.5. The van der Waals surface area contributed by atoms with Crippen LogP contribution in [0.4, 0.5) is 0 Å². The molecule has 0 saturated carbocycles. The number of pyridine rings is 1.